The van der Waals surface area contributed by atoms with Crippen LogP contribution in [0.15, 0.2) is 47.4 Å². The van der Waals surface area contributed by atoms with E-state index in [2.05, 4.69) is 9.62 Å². The van der Waals surface area contributed by atoms with Crippen LogP contribution in [0.2, 0.25) is 0 Å². The Hall–Kier alpha value is -2.58. The predicted octanol–water partition coefficient (Wildman–Crippen LogP) is 3.40. The van der Waals surface area contributed by atoms with E-state index in [1.807, 2.05) is 24.3 Å². The van der Waals surface area contributed by atoms with E-state index in [4.69, 9.17) is 4.74 Å². The molecule has 2 heterocycles. The molecule has 1 N–H and O–H groups in total. The molecular weight excluding hydrogens is 426 g/mol. The van der Waals surface area contributed by atoms with E-state index in [1.165, 1.54) is 37.8 Å². The average Bonchev–Trinajstić information content (AvgIpc) is 3.38. The minimum atomic E-state index is -3.78. The van der Waals surface area contributed by atoms with E-state index in [0.29, 0.717) is 18.8 Å². The molecular formula is C24H31N3O4S. The Morgan fingerprint density at radius 1 is 0.938 bits per heavy atom. The van der Waals surface area contributed by atoms with Gasteiger partial charge in [-0.2, -0.15) is 0 Å². The fourth-order valence-electron chi connectivity index (χ4n) is 4.35. The molecule has 0 saturated carbocycles. The van der Waals surface area contributed by atoms with Crippen LogP contribution in [0.5, 0.6) is 5.75 Å². The number of carbonyl (C=O) groups is 1. The molecule has 2 aliphatic heterocycles. The van der Waals surface area contributed by atoms with Crippen LogP contribution < -0.4 is 14.4 Å². The van der Waals surface area contributed by atoms with Gasteiger partial charge in [0.25, 0.3) is 5.91 Å². The molecule has 2 aromatic rings. The first-order valence-electron chi connectivity index (χ1n) is 11.3. The molecule has 0 bridgehead atoms. The van der Waals surface area contributed by atoms with Crippen LogP contribution in [0.3, 0.4) is 0 Å². The number of sulfonamides is 1. The number of amides is 1. The van der Waals surface area contributed by atoms with Crippen molar-refractivity contribution in [2.45, 2.75) is 43.5 Å². The molecule has 8 heteroatoms. The maximum Gasteiger partial charge on any atom is 0.257 e. The molecule has 32 heavy (non-hydrogen) atoms. The zero-order valence-electron chi connectivity index (χ0n) is 18.5. The van der Waals surface area contributed by atoms with Crippen LogP contribution in [-0.2, 0) is 16.6 Å². The lowest BCUT2D eigenvalue weighted by Crippen LogP contribution is -2.36. The molecule has 0 unspecified atom stereocenters. The van der Waals surface area contributed by atoms with Gasteiger partial charge in [0.2, 0.25) is 10.0 Å². The summed E-state index contributed by atoms with van der Waals surface area (Å²) in [5.74, 6) is 0.202. The van der Waals surface area contributed by atoms with Crippen LogP contribution in [0, 0.1) is 0 Å². The second-order valence-corrected chi connectivity index (χ2v) is 10.2. The molecule has 0 aliphatic carbocycles. The topological polar surface area (TPSA) is 79.0 Å². The Morgan fingerprint density at radius 3 is 2.25 bits per heavy atom. The summed E-state index contributed by atoms with van der Waals surface area (Å²) < 4.78 is 33.9. The normalized spacial score (nSPS) is 16.9. The van der Waals surface area contributed by atoms with Gasteiger partial charge < -0.3 is 14.5 Å². The molecule has 2 aliphatic rings. The van der Waals surface area contributed by atoms with Crippen molar-refractivity contribution in [1.29, 1.82) is 0 Å². The quantitative estimate of drug-likeness (QED) is 0.689. The molecule has 4 rings (SSSR count). The van der Waals surface area contributed by atoms with Gasteiger partial charge in [-0.3, -0.25) is 4.79 Å². The van der Waals surface area contributed by atoms with E-state index in [1.54, 1.807) is 11.0 Å². The van der Waals surface area contributed by atoms with Crippen molar-refractivity contribution in [2.75, 3.05) is 38.2 Å². The Kier molecular flexibility index (Phi) is 7.01. The fraction of sp³-hybridized carbons (Fsp3) is 0.458. The molecule has 2 saturated heterocycles. The van der Waals surface area contributed by atoms with Gasteiger partial charge >= 0.3 is 0 Å². The van der Waals surface area contributed by atoms with Crippen molar-refractivity contribution in [3.63, 3.8) is 0 Å². The lowest BCUT2D eigenvalue weighted by Gasteiger charge is -2.27. The Balaban J connectivity index is 1.47. The SMILES string of the molecule is COc1ccc(S(=O)(=O)NCc2ccc(N3CCCC3)cc2)cc1C(=O)N1CCCCC1. The number of hydrogen-bond acceptors (Lipinski definition) is 5. The maximum atomic E-state index is 13.0. The number of nitrogens with one attached hydrogen (secondary N) is 1. The van der Waals surface area contributed by atoms with Crippen LogP contribution in [0.25, 0.3) is 0 Å². The number of ether oxygens (including phenoxy) is 1. The highest BCUT2D eigenvalue weighted by atomic mass is 32.2. The standard InChI is InChI=1S/C24H31N3O4S/c1-31-23-12-11-21(17-22(23)24(28)27-15-3-2-4-16-27)32(29,30)25-18-19-7-9-20(10-8-19)26-13-5-6-14-26/h7-12,17,25H,2-6,13-16,18H2,1H3. The van der Waals surface area contributed by atoms with Gasteiger partial charge in [0.1, 0.15) is 5.75 Å². The first-order valence-corrected chi connectivity index (χ1v) is 12.8. The largest absolute Gasteiger partial charge is 0.496 e. The maximum absolute atomic E-state index is 13.0. The number of rotatable bonds is 7. The van der Waals surface area contributed by atoms with E-state index >= 15 is 0 Å². The molecule has 0 radical (unpaired) electrons. The molecule has 0 aromatic heterocycles. The molecule has 1 amide bonds. The van der Waals surface area contributed by atoms with Crippen molar-refractivity contribution < 1.29 is 17.9 Å². The number of carbonyl (C=O) groups excluding carboxylic acids is 1. The van der Waals surface area contributed by atoms with Crippen LogP contribution in [-0.4, -0.2) is 52.5 Å². The summed E-state index contributed by atoms with van der Waals surface area (Å²) in [6, 6.07) is 12.4. The van der Waals surface area contributed by atoms with Crippen molar-refractivity contribution in [2.24, 2.45) is 0 Å². The summed E-state index contributed by atoms with van der Waals surface area (Å²) in [7, 11) is -2.30. The predicted molar refractivity (Wildman–Crippen MR) is 125 cm³/mol. The van der Waals surface area contributed by atoms with Gasteiger partial charge in [0.05, 0.1) is 17.6 Å². The summed E-state index contributed by atoms with van der Waals surface area (Å²) in [5, 5.41) is 0. The highest BCUT2D eigenvalue weighted by molar-refractivity contribution is 7.89. The van der Waals surface area contributed by atoms with Crippen molar-refractivity contribution in [1.82, 2.24) is 9.62 Å². The smallest absolute Gasteiger partial charge is 0.257 e. The van der Waals surface area contributed by atoms with Crippen molar-refractivity contribution >= 4 is 21.6 Å². The highest BCUT2D eigenvalue weighted by Crippen LogP contribution is 2.26. The number of methoxy groups -OCH3 is 1. The molecule has 2 aromatic carbocycles. The van der Waals surface area contributed by atoms with Gasteiger partial charge in [-0.15, -0.1) is 0 Å². The second kappa shape index (κ2) is 9.92. The molecule has 0 spiro atoms. The number of benzene rings is 2. The van der Waals surface area contributed by atoms with E-state index in [-0.39, 0.29) is 22.9 Å². The Labute approximate surface area is 190 Å². The van der Waals surface area contributed by atoms with Gasteiger partial charge in [0, 0.05) is 38.4 Å². The Morgan fingerprint density at radius 2 is 1.59 bits per heavy atom. The monoisotopic (exact) mass is 457 g/mol. The lowest BCUT2D eigenvalue weighted by atomic mass is 10.1. The lowest BCUT2D eigenvalue weighted by molar-refractivity contribution is 0.0720. The third kappa shape index (κ3) is 5.07. The van der Waals surface area contributed by atoms with Gasteiger partial charge in [0.15, 0.2) is 0 Å². The molecule has 172 valence electrons. The number of nitrogens with zero attached hydrogens (tertiary/aromatic N) is 2. The number of piperidine rings is 1. The minimum Gasteiger partial charge on any atom is -0.496 e. The molecule has 0 atom stereocenters. The van der Waals surface area contributed by atoms with Gasteiger partial charge in [-0.1, -0.05) is 12.1 Å². The summed E-state index contributed by atoms with van der Waals surface area (Å²) in [5.41, 5.74) is 2.34. The number of likely N-dealkylation sites (tertiary alicyclic amines) is 1. The zero-order valence-corrected chi connectivity index (χ0v) is 19.4. The van der Waals surface area contributed by atoms with E-state index < -0.39 is 10.0 Å². The first kappa shape index (κ1) is 22.6. The molecule has 2 fully saturated rings. The number of anilines is 1. The van der Waals surface area contributed by atoms with Crippen molar-refractivity contribution in [3.8, 4) is 5.75 Å². The zero-order chi connectivity index (χ0) is 22.6. The van der Waals surface area contributed by atoms with Crippen LogP contribution in [0.1, 0.15) is 48.0 Å². The Bertz CT molecular complexity index is 1040. The third-order valence-corrected chi connectivity index (χ3v) is 7.63. The van der Waals surface area contributed by atoms with Gasteiger partial charge in [-0.05, 0) is 68.0 Å². The number of hydrogen-bond donors (Lipinski definition) is 1. The summed E-state index contributed by atoms with van der Waals surface area (Å²) in [6.45, 7) is 3.70. The second-order valence-electron chi connectivity index (χ2n) is 8.40. The summed E-state index contributed by atoms with van der Waals surface area (Å²) >= 11 is 0. The van der Waals surface area contributed by atoms with E-state index in [0.717, 1.165) is 37.9 Å². The van der Waals surface area contributed by atoms with E-state index in [9.17, 15) is 13.2 Å². The summed E-state index contributed by atoms with van der Waals surface area (Å²) in [4.78, 5) is 17.2. The highest BCUT2D eigenvalue weighted by Gasteiger charge is 2.24. The third-order valence-electron chi connectivity index (χ3n) is 6.23. The first-order chi connectivity index (χ1) is 15.5. The fourth-order valence-corrected chi connectivity index (χ4v) is 5.39. The van der Waals surface area contributed by atoms with Gasteiger partial charge in [-0.25, -0.2) is 13.1 Å². The molecule has 7 nitrogen and oxygen atoms in total. The van der Waals surface area contributed by atoms with Crippen molar-refractivity contribution in [3.05, 3.63) is 53.6 Å². The van der Waals surface area contributed by atoms with Crippen LogP contribution >= 0.6 is 0 Å². The average molecular weight is 458 g/mol. The minimum absolute atomic E-state index is 0.0624. The van der Waals surface area contributed by atoms with Crippen LogP contribution in [0.4, 0.5) is 5.69 Å². The summed E-state index contributed by atoms with van der Waals surface area (Å²) in [6.07, 6.45) is 5.46.